The molecule has 1 unspecified atom stereocenters. The monoisotopic (exact) mass is 391 g/mol. The number of benzene rings is 1. The van der Waals surface area contributed by atoms with Gasteiger partial charge in [-0.25, -0.2) is 15.0 Å². The largest absolute Gasteiger partial charge is 0.423 e. The molecule has 0 radical (unpaired) electrons. The quantitative estimate of drug-likeness (QED) is 0.682. The molecule has 0 saturated carbocycles. The molecule has 1 aliphatic rings. The molecule has 1 fully saturated rings. The summed E-state index contributed by atoms with van der Waals surface area (Å²) in [7, 11) is 0. The van der Waals surface area contributed by atoms with Crippen LogP contribution in [0, 0.1) is 0 Å². The number of nitrogens with one attached hydrogen (secondary N) is 1. The molecule has 3 heterocycles. The first kappa shape index (κ1) is 19.1. The van der Waals surface area contributed by atoms with Gasteiger partial charge < -0.3 is 14.6 Å². The van der Waals surface area contributed by atoms with Gasteiger partial charge in [0.2, 0.25) is 5.95 Å². The molecule has 1 N–H and O–H groups in total. The number of Topliss-reactive ketones (excluding diaryl/α,β-unsaturated/α-hetero) is 1. The van der Waals surface area contributed by atoms with Crippen molar-refractivity contribution in [3.8, 4) is 11.3 Å². The SMILES string of the molecule is CC(C)c1ccnc(Nc2cccc(-c3cnc(N4CCCC(=O)C4C)o3)c2)n1. The minimum Gasteiger partial charge on any atom is -0.423 e. The van der Waals surface area contributed by atoms with E-state index in [4.69, 9.17) is 4.42 Å². The first-order valence-corrected chi connectivity index (χ1v) is 9.97. The predicted molar refractivity (Wildman–Crippen MR) is 112 cm³/mol. The van der Waals surface area contributed by atoms with Crippen LogP contribution in [0.1, 0.15) is 45.2 Å². The maximum absolute atomic E-state index is 12.0. The van der Waals surface area contributed by atoms with Crippen LogP contribution in [-0.4, -0.2) is 33.3 Å². The third kappa shape index (κ3) is 4.13. The topological polar surface area (TPSA) is 84.2 Å². The summed E-state index contributed by atoms with van der Waals surface area (Å²) in [6, 6.07) is 10.1. The van der Waals surface area contributed by atoms with Gasteiger partial charge in [0.05, 0.1) is 12.2 Å². The number of anilines is 3. The second-order valence-electron chi connectivity index (χ2n) is 7.61. The van der Waals surface area contributed by atoms with Gasteiger partial charge in [-0.15, -0.1) is 0 Å². The lowest BCUT2D eigenvalue weighted by atomic mass is 10.0. The first-order chi connectivity index (χ1) is 14.0. The third-order valence-corrected chi connectivity index (χ3v) is 5.17. The number of hydrogen-bond donors (Lipinski definition) is 1. The highest BCUT2D eigenvalue weighted by molar-refractivity contribution is 5.87. The number of piperidine rings is 1. The van der Waals surface area contributed by atoms with Crippen molar-refractivity contribution in [2.45, 2.75) is 45.6 Å². The second-order valence-corrected chi connectivity index (χ2v) is 7.61. The highest BCUT2D eigenvalue weighted by Gasteiger charge is 2.28. The van der Waals surface area contributed by atoms with Crippen molar-refractivity contribution in [2.75, 3.05) is 16.8 Å². The number of aromatic nitrogens is 3. The van der Waals surface area contributed by atoms with Crippen molar-refractivity contribution in [2.24, 2.45) is 0 Å². The first-order valence-electron chi connectivity index (χ1n) is 9.97. The van der Waals surface area contributed by atoms with E-state index in [9.17, 15) is 4.79 Å². The Kier molecular flexibility index (Phi) is 5.29. The summed E-state index contributed by atoms with van der Waals surface area (Å²) in [4.78, 5) is 27.2. The number of carbonyl (C=O) groups excluding carboxylic acids is 1. The Morgan fingerprint density at radius 1 is 1.24 bits per heavy atom. The minimum atomic E-state index is -0.200. The summed E-state index contributed by atoms with van der Waals surface area (Å²) in [5.74, 6) is 1.78. The van der Waals surface area contributed by atoms with Crippen molar-refractivity contribution in [3.05, 3.63) is 48.4 Å². The zero-order chi connectivity index (χ0) is 20.4. The van der Waals surface area contributed by atoms with E-state index in [1.54, 1.807) is 12.4 Å². The maximum atomic E-state index is 12.0. The van der Waals surface area contributed by atoms with Crippen LogP contribution < -0.4 is 10.2 Å². The summed E-state index contributed by atoms with van der Waals surface area (Å²) in [5, 5.41) is 3.25. The molecule has 1 aromatic carbocycles. The van der Waals surface area contributed by atoms with Gasteiger partial charge in [0.1, 0.15) is 0 Å². The van der Waals surface area contributed by atoms with Gasteiger partial charge in [0.25, 0.3) is 6.01 Å². The van der Waals surface area contributed by atoms with Crippen molar-refractivity contribution in [1.82, 2.24) is 15.0 Å². The second kappa shape index (κ2) is 8.03. The van der Waals surface area contributed by atoms with Crippen LogP contribution in [0.2, 0.25) is 0 Å². The van der Waals surface area contributed by atoms with E-state index >= 15 is 0 Å². The lowest BCUT2D eigenvalue weighted by Crippen LogP contribution is -2.44. The summed E-state index contributed by atoms with van der Waals surface area (Å²) in [6.07, 6.45) is 4.92. The normalized spacial score (nSPS) is 17.0. The van der Waals surface area contributed by atoms with Crippen molar-refractivity contribution < 1.29 is 9.21 Å². The van der Waals surface area contributed by atoms with Crippen LogP contribution in [0.25, 0.3) is 11.3 Å². The smallest absolute Gasteiger partial charge is 0.298 e. The van der Waals surface area contributed by atoms with Gasteiger partial charge in [-0.1, -0.05) is 26.0 Å². The maximum Gasteiger partial charge on any atom is 0.298 e. The molecule has 0 aliphatic carbocycles. The Balaban J connectivity index is 1.54. The molecule has 2 aromatic heterocycles. The molecule has 1 saturated heterocycles. The van der Waals surface area contributed by atoms with Gasteiger partial charge in [-0.05, 0) is 37.5 Å². The zero-order valence-corrected chi connectivity index (χ0v) is 16.9. The number of hydrogen-bond acceptors (Lipinski definition) is 7. The van der Waals surface area contributed by atoms with Gasteiger partial charge in [0.15, 0.2) is 11.5 Å². The van der Waals surface area contributed by atoms with Crippen molar-refractivity contribution >= 4 is 23.4 Å². The Morgan fingerprint density at radius 2 is 2.10 bits per heavy atom. The van der Waals surface area contributed by atoms with Gasteiger partial charge >= 0.3 is 0 Å². The van der Waals surface area contributed by atoms with Gasteiger partial charge in [0, 0.05) is 36.1 Å². The van der Waals surface area contributed by atoms with E-state index in [0.29, 0.717) is 30.1 Å². The van der Waals surface area contributed by atoms with E-state index < -0.39 is 0 Å². The molecular weight excluding hydrogens is 366 g/mol. The average Bonchev–Trinajstić information content (AvgIpc) is 3.20. The highest BCUT2D eigenvalue weighted by Crippen LogP contribution is 2.29. The van der Waals surface area contributed by atoms with E-state index in [0.717, 1.165) is 29.9 Å². The lowest BCUT2D eigenvalue weighted by molar-refractivity contribution is -0.121. The van der Waals surface area contributed by atoms with Crippen LogP contribution in [-0.2, 0) is 4.79 Å². The Labute approximate surface area is 170 Å². The molecule has 1 aliphatic heterocycles. The number of rotatable bonds is 5. The third-order valence-electron chi connectivity index (χ3n) is 5.17. The Hall–Kier alpha value is -3.22. The number of carbonyl (C=O) groups is 1. The molecule has 0 bridgehead atoms. The molecule has 3 aromatic rings. The average molecular weight is 391 g/mol. The van der Waals surface area contributed by atoms with Crippen LogP contribution in [0.4, 0.5) is 17.7 Å². The van der Waals surface area contributed by atoms with E-state index in [1.807, 2.05) is 42.2 Å². The lowest BCUT2D eigenvalue weighted by Gasteiger charge is -2.30. The Bertz CT molecular complexity index is 1010. The molecule has 150 valence electrons. The molecular formula is C22H25N5O2. The van der Waals surface area contributed by atoms with Crippen LogP contribution in [0.3, 0.4) is 0 Å². The van der Waals surface area contributed by atoms with Crippen LogP contribution >= 0.6 is 0 Å². The summed E-state index contributed by atoms with van der Waals surface area (Å²) >= 11 is 0. The molecule has 7 heteroatoms. The molecule has 0 spiro atoms. The fourth-order valence-electron chi connectivity index (χ4n) is 3.43. The Morgan fingerprint density at radius 3 is 2.93 bits per heavy atom. The van der Waals surface area contributed by atoms with Gasteiger partial charge in [-0.3, -0.25) is 4.79 Å². The molecule has 1 atom stereocenters. The highest BCUT2D eigenvalue weighted by atomic mass is 16.4. The molecule has 4 rings (SSSR count). The number of ketones is 1. The summed E-state index contributed by atoms with van der Waals surface area (Å²) in [5.41, 5.74) is 2.75. The molecule has 0 amide bonds. The van der Waals surface area contributed by atoms with E-state index in [1.165, 1.54) is 0 Å². The summed E-state index contributed by atoms with van der Waals surface area (Å²) < 4.78 is 5.99. The fourth-order valence-corrected chi connectivity index (χ4v) is 3.43. The number of oxazole rings is 1. The fraction of sp³-hybridized carbons (Fsp3) is 0.364. The standard InChI is InChI=1S/C22H25N5O2/c1-14(2)18-9-10-23-21(26-18)25-17-7-4-6-16(12-17)20-13-24-22(29-20)27-11-5-8-19(28)15(27)3/h4,6-7,9-10,12-15H,5,8,11H2,1-3H3,(H,23,25,26). The van der Waals surface area contributed by atoms with E-state index in [-0.39, 0.29) is 11.8 Å². The van der Waals surface area contributed by atoms with Gasteiger partial charge in [-0.2, -0.15) is 0 Å². The van der Waals surface area contributed by atoms with Crippen molar-refractivity contribution in [1.29, 1.82) is 0 Å². The van der Waals surface area contributed by atoms with Crippen LogP contribution in [0.15, 0.2) is 47.1 Å². The van der Waals surface area contributed by atoms with E-state index in [2.05, 4.69) is 34.1 Å². The predicted octanol–water partition coefficient (Wildman–Crippen LogP) is 4.56. The van der Waals surface area contributed by atoms with Crippen molar-refractivity contribution in [3.63, 3.8) is 0 Å². The zero-order valence-electron chi connectivity index (χ0n) is 16.9. The van der Waals surface area contributed by atoms with Crippen LogP contribution in [0.5, 0.6) is 0 Å². The minimum absolute atomic E-state index is 0.200. The molecule has 29 heavy (non-hydrogen) atoms. The summed E-state index contributed by atoms with van der Waals surface area (Å²) in [6.45, 7) is 6.88. The molecule has 7 nitrogen and oxygen atoms in total. The number of nitrogens with zero attached hydrogens (tertiary/aromatic N) is 4.